The summed E-state index contributed by atoms with van der Waals surface area (Å²) in [5.74, 6) is 3.21. The van der Waals surface area contributed by atoms with E-state index in [-0.39, 0.29) is 0 Å². The largest absolute Gasteiger partial charge is 0.257 e. The van der Waals surface area contributed by atoms with Crippen molar-refractivity contribution < 1.29 is 0 Å². The molecule has 0 radical (unpaired) electrons. The summed E-state index contributed by atoms with van der Waals surface area (Å²) in [7, 11) is 0. The molecular formula is C15H18N2. The number of benzene rings is 1. The van der Waals surface area contributed by atoms with Gasteiger partial charge >= 0.3 is 0 Å². The summed E-state index contributed by atoms with van der Waals surface area (Å²) in [6.07, 6.45) is 7.86. The molecule has 0 atom stereocenters. The Morgan fingerprint density at radius 3 is 2.94 bits per heavy atom. The number of hydrogen-bond donors (Lipinski definition) is 0. The van der Waals surface area contributed by atoms with E-state index in [2.05, 4.69) is 23.9 Å². The van der Waals surface area contributed by atoms with Crippen LogP contribution < -0.4 is 0 Å². The van der Waals surface area contributed by atoms with Crippen molar-refractivity contribution in [2.45, 2.75) is 39.0 Å². The Labute approximate surface area is 103 Å². The Hall–Kier alpha value is -1.75. The zero-order valence-corrected chi connectivity index (χ0v) is 10.3. The summed E-state index contributed by atoms with van der Waals surface area (Å²) < 4.78 is 1.91. The molecule has 0 aliphatic heterocycles. The van der Waals surface area contributed by atoms with Crippen LogP contribution >= 0.6 is 0 Å². The average Bonchev–Trinajstić information content (AvgIpc) is 2.77. The maximum atomic E-state index is 4.31. The molecule has 0 bridgehead atoms. The SMILES string of the molecule is CCCCCCC#Cn1cnc2ccccc21. The van der Waals surface area contributed by atoms with Crippen molar-refractivity contribution in [2.75, 3.05) is 0 Å². The Morgan fingerprint density at radius 1 is 1.18 bits per heavy atom. The molecule has 1 aromatic carbocycles. The molecule has 0 aliphatic carbocycles. The van der Waals surface area contributed by atoms with Gasteiger partial charge in [-0.05, 0) is 18.6 Å². The van der Waals surface area contributed by atoms with E-state index in [0.29, 0.717) is 0 Å². The van der Waals surface area contributed by atoms with E-state index in [1.54, 1.807) is 6.33 Å². The maximum Gasteiger partial charge on any atom is 0.108 e. The second kappa shape index (κ2) is 6.10. The van der Waals surface area contributed by atoms with E-state index in [0.717, 1.165) is 17.5 Å². The topological polar surface area (TPSA) is 17.8 Å². The summed E-state index contributed by atoms with van der Waals surface area (Å²) >= 11 is 0. The Bertz CT molecular complexity index is 528. The van der Waals surface area contributed by atoms with Crippen LogP contribution in [0.1, 0.15) is 39.0 Å². The molecule has 1 aromatic heterocycles. The maximum absolute atomic E-state index is 4.31. The van der Waals surface area contributed by atoms with Crippen molar-refractivity contribution >= 4 is 11.0 Å². The molecule has 0 saturated heterocycles. The second-order valence-electron chi connectivity index (χ2n) is 4.20. The summed E-state index contributed by atoms with van der Waals surface area (Å²) in [5, 5.41) is 0. The molecule has 0 fully saturated rings. The van der Waals surface area contributed by atoms with Crippen molar-refractivity contribution in [1.29, 1.82) is 0 Å². The highest BCUT2D eigenvalue weighted by Gasteiger charge is 1.97. The van der Waals surface area contributed by atoms with Crippen molar-refractivity contribution in [3.8, 4) is 12.0 Å². The number of nitrogens with zero attached hydrogens (tertiary/aromatic N) is 2. The van der Waals surface area contributed by atoms with Crippen LogP contribution in [-0.4, -0.2) is 9.55 Å². The molecule has 0 aliphatic rings. The molecular weight excluding hydrogens is 208 g/mol. The van der Waals surface area contributed by atoms with Gasteiger partial charge in [-0.3, -0.25) is 4.57 Å². The minimum Gasteiger partial charge on any atom is -0.257 e. The van der Waals surface area contributed by atoms with Crippen LogP contribution in [0.15, 0.2) is 30.6 Å². The van der Waals surface area contributed by atoms with Gasteiger partial charge in [0.25, 0.3) is 0 Å². The lowest BCUT2D eigenvalue weighted by molar-refractivity contribution is 0.679. The van der Waals surface area contributed by atoms with Gasteiger partial charge in [0, 0.05) is 12.5 Å². The van der Waals surface area contributed by atoms with Gasteiger partial charge in [-0.1, -0.05) is 44.2 Å². The normalized spacial score (nSPS) is 10.2. The zero-order valence-electron chi connectivity index (χ0n) is 10.3. The highest BCUT2D eigenvalue weighted by atomic mass is 15.0. The average molecular weight is 226 g/mol. The fraction of sp³-hybridized carbons (Fsp3) is 0.400. The lowest BCUT2D eigenvalue weighted by atomic mass is 10.2. The van der Waals surface area contributed by atoms with E-state index in [9.17, 15) is 0 Å². The van der Waals surface area contributed by atoms with Crippen LogP contribution in [0.25, 0.3) is 11.0 Å². The number of para-hydroxylation sites is 2. The van der Waals surface area contributed by atoms with Crippen molar-refractivity contribution in [3.63, 3.8) is 0 Å². The fourth-order valence-corrected chi connectivity index (χ4v) is 1.83. The number of unbranched alkanes of at least 4 members (excludes halogenated alkanes) is 4. The molecule has 2 rings (SSSR count). The van der Waals surface area contributed by atoms with Gasteiger partial charge < -0.3 is 0 Å². The first kappa shape index (κ1) is 11.7. The Balaban J connectivity index is 1.97. The molecule has 17 heavy (non-hydrogen) atoms. The van der Waals surface area contributed by atoms with Gasteiger partial charge in [0.1, 0.15) is 6.33 Å². The second-order valence-corrected chi connectivity index (χ2v) is 4.20. The Morgan fingerprint density at radius 2 is 2.06 bits per heavy atom. The Kier molecular flexibility index (Phi) is 4.21. The summed E-state index contributed by atoms with van der Waals surface area (Å²) in [4.78, 5) is 4.31. The van der Waals surface area contributed by atoms with Crippen LogP contribution in [0.5, 0.6) is 0 Å². The van der Waals surface area contributed by atoms with E-state index in [1.165, 1.54) is 25.7 Å². The predicted molar refractivity (Wildman–Crippen MR) is 71.7 cm³/mol. The van der Waals surface area contributed by atoms with Crippen molar-refractivity contribution in [2.24, 2.45) is 0 Å². The molecule has 2 heteroatoms. The van der Waals surface area contributed by atoms with Gasteiger partial charge in [0.05, 0.1) is 11.0 Å². The van der Waals surface area contributed by atoms with Gasteiger partial charge in [0.15, 0.2) is 0 Å². The van der Waals surface area contributed by atoms with Crippen LogP contribution in [0, 0.1) is 12.0 Å². The molecule has 2 aromatic rings. The number of aromatic nitrogens is 2. The van der Waals surface area contributed by atoms with Crippen molar-refractivity contribution in [1.82, 2.24) is 9.55 Å². The van der Waals surface area contributed by atoms with Gasteiger partial charge in [0.2, 0.25) is 0 Å². The van der Waals surface area contributed by atoms with E-state index < -0.39 is 0 Å². The van der Waals surface area contributed by atoms with E-state index >= 15 is 0 Å². The quantitative estimate of drug-likeness (QED) is 0.572. The van der Waals surface area contributed by atoms with Crippen LogP contribution in [0.2, 0.25) is 0 Å². The van der Waals surface area contributed by atoms with Crippen LogP contribution in [0.3, 0.4) is 0 Å². The predicted octanol–water partition coefficient (Wildman–Crippen LogP) is 3.82. The first-order valence-electron chi connectivity index (χ1n) is 6.33. The molecule has 2 nitrogen and oxygen atoms in total. The molecule has 0 amide bonds. The molecule has 0 unspecified atom stereocenters. The summed E-state index contributed by atoms with van der Waals surface area (Å²) in [6.45, 7) is 2.23. The summed E-state index contributed by atoms with van der Waals surface area (Å²) in [5.41, 5.74) is 2.10. The minimum absolute atomic E-state index is 0.979. The lowest BCUT2D eigenvalue weighted by Crippen LogP contribution is -1.84. The van der Waals surface area contributed by atoms with Gasteiger partial charge in [-0.2, -0.15) is 0 Å². The van der Waals surface area contributed by atoms with Gasteiger partial charge in [-0.25, -0.2) is 4.98 Å². The third kappa shape index (κ3) is 3.10. The molecule has 88 valence electrons. The summed E-state index contributed by atoms with van der Waals surface area (Å²) in [6, 6.07) is 11.2. The van der Waals surface area contributed by atoms with Crippen LogP contribution in [0.4, 0.5) is 0 Å². The van der Waals surface area contributed by atoms with Crippen LogP contribution in [-0.2, 0) is 0 Å². The van der Waals surface area contributed by atoms with E-state index in [1.807, 2.05) is 28.8 Å². The highest BCUT2D eigenvalue weighted by Crippen LogP contribution is 2.10. The minimum atomic E-state index is 0.979. The third-order valence-electron chi connectivity index (χ3n) is 2.81. The lowest BCUT2D eigenvalue weighted by Gasteiger charge is -1.93. The highest BCUT2D eigenvalue weighted by molar-refractivity contribution is 5.75. The number of hydrogen-bond acceptors (Lipinski definition) is 1. The smallest absolute Gasteiger partial charge is 0.108 e. The molecule has 0 saturated carbocycles. The van der Waals surface area contributed by atoms with Crippen molar-refractivity contribution in [3.05, 3.63) is 30.6 Å². The third-order valence-corrected chi connectivity index (χ3v) is 2.81. The number of imidazole rings is 1. The molecule has 0 spiro atoms. The zero-order chi connectivity index (χ0) is 11.9. The molecule has 0 N–H and O–H groups in total. The van der Waals surface area contributed by atoms with Gasteiger partial charge in [-0.15, -0.1) is 0 Å². The fourth-order valence-electron chi connectivity index (χ4n) is 1.83. The van der Waals surface area contributed by atoms with E-state index in [4.69, 9.17) is 0 Å². The number of fused-ring (bicyclic) bond motifs is 1. The first-order valence-corrected chi connectivity index (χ1v) is 6.33. The monoisotopic (exact) mass is 226 g/mol. The number of rotatable bonds is 4. The first-order chi connectivity index (χ1) is 8.42. The standard InChI is InChI=1S/C15H18N2/c1-2-3-4-5-6-9-12-17-13-16-14-10-7-8-11-15(14)17/h7-8,10-11,13H,2-6H2,1H3. The molecule has 1 heterocycles.